The number of hydrogen-bond donors (Lipinski definition) is 0. The molecular weight excluding hydrogens is 180 g/mol. The molecule has 0 aromatic heterocycles. The fourth-order valence-corrected chi connectivity index (χ4v) is 1.68. The van der Waals surface area contributed by atoms with Crippen LogP contribution in [0.5, 0.6) is 0 Å². The zero-order valence-corrected chi connectivity index (χ0v) is 8.92. The maximum absolute atomic E-state index is 11.4. The van der Waals surface area contributed by atoms with Crippen molar-refractivity contribution in [2.45, 2.75) is 33.1 Å². The van der Waals surface area contributed by atoms with E-state index in [1.807, 2.05) is 0 Å². The van der Waals surface area contributed by atoms with Gasteiger partial charge < -0.3 is 4.74 Å². The molecule has 78 valence electrons. The van der Waals surface area contributed by atoms with Crippen molar-refractivity contribution in [1.82, 2.24) is 0 Å². The van der Waals surface area contributed by atoms with Crippen molar-refractivity contribution in [3.05, 3.63) is 11.6 Å². The molecular formula is C11H16O3. The molecule has 0 fully saturated rings. The highest BCUT2D eigenvalue weighted by atomic mass is 16.5. The molecule has 0 N–H and O–H groups in total. The Hall–Kier alpha value is -1.12. The first kappa shape index (κ1) is 11.0. The van der Waals surface area contributed by atoms with Crippen molar-refractivity contribution >= 4 is 11.8 Å². The predicted octanol–water partition coefficient (Wildman–Crippen LogP) is 1.86. The van der Waals surface area contributed by atoms with Crippen LogP contribution in [0.15, 0.2) is 11.6 Å². The number of ether oxygens (including phenoxy) is 1. The summed E-state index contributed by atoms with van der Waals surface area (Å²) in [5.41, 5.74) is -0.0529. The molecule has 0 saturated carbocycles. The molecule has 0 bridgehead atoms. The maximum atomic E-state index is 11.4. The quantitative estimate of drug-likeness (QED) is 0.383. The van der Waals surface area contributed by atoms with Gasteiger partial charge in [-0.2, -0.15) is 0 Å². The molecule has 1 aliphatic rings. The lowest BCUT2D eigenvalue weighted by atomic mass is 9.93. The van der Waals surface area contributed by atoms with Crippen LogP contribution in [-0.2, 0) is 14.3 Å². The number of rotatable bonds is 5. The second-order valence-electron chi connectivity index (χ2n) is 3.63. The van der Waals surface area contributed by atoms with Gasteiger partial charge in [-0.1, -0.05) is 19.4 Å². The Morgan fingerprint density at radius 3 is 2.57 bits per heavy atom. The highest BCUT2D eigenvalue weighted by Crippen LogP contribution is 2.48. The van der Waals surface area contributed by atoms with E-state index >= 15 is 0 Å². The summed E-state index contributed by atoms with van der Waals surface area (Å²) in [7, 11) is 1.32. The first-order valence-corrected chi connectivity index (χ1v) is 4.91. The smallest absolute Gasteiger partial charge is 0.327 e. The molecule has 0 saturated heterocycles. The first-order valence-electron chi connectivity index (χ1n) is 4.91. The Bertz CT molecular complexity index is 291. The largest absolute Gasteiger partial charge is 0.468 e. The summed E-state index contributed by atoms with van der Waals surface area (Å²) in [5, 5.41) is 0. The van der Waals surface area contributed by atoms with Crippen molar-refractivity contribution in [3.8, 4) is 0 Å². The standard InChI is InChI=1S/C11H16O3/c1-4-5-6-9-7-11(9,8(2)12)10(13)14-3/h7H,4-6H2,1-3H3. The van der Waals surface area contributed by atoms with Crippen LogP contribution in [0.1, 0.15) is 33.1 Å². The van der Waals surface area contributed by atoms with E-state index in [-0.39, 0.29) is 5.78 Å². The van der Waals surface area contributed by atoms with Gasteiger partial charge in [0, 0.05) is 0 Å². The minimum absolute atomic E-state index is 0.129. The molecule has 0 aromatic carbocycles. The number of unbranched alkanes of at least 4 members (excludes halogenated alkanes) is 1. The molecule has 0 radical (unpaired) electrons. The van der Waals surface area contributed by atoms with E-state index in [2.05, 4.69) is 11.7 Å². The molecule has 1 atom stereocenters. The Morgan fingerprint density at radius 1 is 1.50 bits per heavy atom. The summed E-state index contributed by atoms with van der Waals surface area (Å²) in [5.74, 6) is -0.563. The minimum Gasteiger partial charge on any atom is -0.468 e. The van der Waals surface area contributed by atoms with Crippen molar-refractivity contribution in [2.24, 2.45) is 5.41 Å². The van der Waals surface area contributed by atoms with E-state index in [9.17, 15) is 9.59 Å². The number of esters is 1. The SMILES string of the molecule is CCCCC1=CC1(C(C)=O)C(=O)OC. The molecule has 0 heterocycles. The molecule has 0 aromatic rings. The summed E-state index contributed by atoms with van der Waals surface area (Å²) < 4.78 is 4.64. The van der Waals surface area contributed by atoms with Gasteiger partial charge in [0.25, 0.3) is 0 Å². The summed E-state index contributed by atoms with van der Waals surface area (Å²) >= 11 is 0. The second kappa shape index (κ2) is 3.95. The molecule has 1 aliphatic carbocycles. The lowest BCUT2D eigenvalue weighted by Crippen LogP contribution is -2.28. The summed E-state index contributed by atoms with van der Waals surface area (Å²) in [4.78, 5) is 22.8. The number of ketones is 1. The lowest BCUT2D eigenvalue weighted by molar-refractivity contribution is -0.149. The first-order chi connectivity index (χ1) is 6.59. The van der Waals surface area contributed by atoms with Crippen molar-refractivity contribution in [2.75, 3.05) is 7.11 Å². The average Bonchev–Trinajstić information content (AvgIpc) is 2.89. The monoisotopic (exact) mass is 196 g/mol. The van der Waals surface area contributed by atoms with Crippen LogP contribution >= 0.6 is 0 Å². The van der Waals surface area contributed by atoms with Gasteiger partial charge in [-0.15, -0.1) is 0 Å². The molecule has 1 unspecified atom stereocenters. The van der Waals surface area contributed by atoms with Crippen LogP contribution in [-0.4, -0.2) is 18.9 Å². The van der Waals surface area contributed by atoms with Crippen LogP contribution in [0.25, 0.3) is 0 Å². The zero-order valence-electron chi connectivity index (χ0n) is 8.92. The molecule has 3 nitrogen and oxygen atoms in total. The highest BCUT2D eigenvalue weighted by Gasteiger charge is 2.55. The van der Waals surface area contributed by atoms with Crippen molar-refractivity contribution in [3.63, 3.8) is 0 Å². The fourth-order valence-electron chi connectivity index (χ4n) is 1.68. The Balaban J connectivity index is 2.64. The van der Waals surface area contributed by atoms with E-state index in [1.165, 1.54) is 14.0 Å². The Morgan fingerprint density at radius 2 is 2.14 bits per heavy atom. The number of Topliss-reactive ketones (excluding diaryl/α,β-unsaturated/α-hetero) is 1. The van der Waals surface area contributed by atoms with Crippen LogP contribution in [0.3, 0.4) is 0 Å². The number of carbonyl (C=O) groups excluding carboxylic acids is 2. The summed E-state index contributed by atoms with van der Waals surface area (Å²) in [6.45, 7) is 3.52. The van der Waals surface area contributed by atoms with E-state index in [1.54, 1.807) is 6.08 Å². The van der Waals surface area contributed by atoms with Crippen LogP contribution in [0, 0.1) is 5.41 Å². The molecule has 1 rings (SSSR count). The van der Waals surface area contributed by atoms with Gasteiger partial charge in [0.1, 0.15) is 0 Å². The molecule has 3 heteroatoms. The van der Waals surface area contributed by atoms with E-state index in [0.717, 1.165) is 24.8 Å². The zero-order chi connectivity index (χ0) is 10.8. The molecule has 14 heavy (non-hydrogen) atoms. The van der Waals surface area contributed by atoms with Crippen LogP contribution < -0.4 is 0 Å². The maximum Gasteiger partial charge on any atom is 0.327 e. The third-order valence-corrected chi connectivity index (χ3v) is 2.68. The van der Waals surface area contributed by atoms with Crippen molar-refractivity contribution < 1.29 is 14.3 Å². The van der Waals surface area contributed by atoms with Crippen molar-refractivity contribution in [1.29, 1.82) is 0 Å². The lowest BCUT2D eigenvalue weighted by Gasteiger charge is -2.11. The van der Waals surface area contributed by atoms with Gasteiger partial charge in [-0.05, 0) is 25.3 Å². The number of hydrogen-bond acceptors (Lipinski definition) is 3. The summed E-state index contributed by atoms with van der Waals surface area (Å²) in [6.07, 6.45) is 4.63. The topological polar surface area (TPSA) is 43.4 Å². The van der Waals surface area contributed by atoms with Gasteiger partial charge in [0.05, 0.1) is 7.11 Å². The molecule has 0 amide bonds. The van der Waals surface area contributed by atoms with E-state index < -0.39 is 11.4 Å². The third kappa shape index (κ3) is 1.59. The van der Waals surface area contributed by atoms with E-state index in [4.69, 9.17) is 0 Å². The van der Waals surface area contributed by atoms with E-state index in [0.29, 0.717) is 0 Å². The van der Waals surface area contributed by atoms with Gasteiger partial charge >= 0.3 is 5.97 Å². The molecule has 0 spiro atoms. The van der Waals surface area contributed by atoms with Gasteiger partial charge in [0.15, 0.2) is 11.2 Å². The molecule has 0 aliphatic heterocycles. The second-order valence-corrected chi connectivity index (χ2v) is 3.63. The average molecular weight is 196 g/mol. The number of carbonyl (C=O) groups is 2. The van der Waals surface area contributed by atoms with Gasteiger partial charge in [0.2, 0.25) is 0 Å². The fraction of sp³-hybridized carbons (Fsp3) is 0.636. The normalized spacial score (nSPS) is 24.1. The van der Waals surface area contributed by atoms with Gasteiger partial charge in [-0.25, -0.2) is 0 Å². The minimum atomic E-state index is -0.982. The summed E-state index contributed by atoms with van der Waals surface area (Å²) in [6, 6.07) is 0. The predicted molar refractivity (Wildman–Crippen MR) is 52.7 cm³/mol. The Labute approximate surface area is 84.1 Å². The number of methoxy groups -OCH3 is 1. The highest BCUT2D eigenvalue weighted by molar-refractivity contribution is 6.12. The van der Waals surface area contributed by atoms with Crippen LogP contribution in [0.4, 0.5) is 0 Å². The van der Waals surface area contributed by atoms with Gasteiger partial charge in [-0.3, -0.25) is 9.59 Å². The van der Waals surface area contributed by atoms with Crippen LogP contribution in [0.2, 0.25) is 0 Å². The Kier molecular flexibility index (Phi) is 3.09. The third-order valence-electron chi connectivity index (χ3n) is 2.68.